The van der Waals surface area contributed by atoms with Crippen LogP contribution < -0.4 is 11.1 Å². The van der Waals surface area contributed by atoms with Gasteiger partial charge in [0.15, 0.2) is 0 Å². The Balaban J connectivity index is 1.82. The standard InChI is InChI=1S/C13H26N2O/c1-10-13(2,6-7-16-10)15-9-12-5-3-4-11(12)8-14/h10-12,15H,3-9,14H2,1-2H3. The third kappa shape index (κ3) is 2.41. The molecule has 4 atom stereocenters. The lowest BCUT2D eigenvalue weighted by Gasteiger charge is -2.31. The van der Waals surface area contributed by atoms with Crippen molar-refractivity contribution in [2.24, 2.45) is 17.6 Å². The summed E-state index contributed by atoms with van der Waals surface area (Å²) in [6.45, 7) is 7.34. The number of hydrogen-bond donors (Lipinski definition) is 2. The Bertz CT molecular complexity index is 234. The monoisotopic (exact) mass is 226 g/mol. The van der Waals surface area contributed by atoms with Crippen molar-refractivity contribution in [1.82, 2.24) is 5.32 Å². The lowest BCUT2D eigenvalue weighted by atomic mass is 9.91. The van der Waals surface area contributed by atoms with Crippen molar-refractivity contribution in [3.05, 3.63) is 0 Å². The summed E-state index contributed by atoms with van der Waals surface area (Å²) in [6, 6.07) is 0. The van der Waals surface area contributed by atoms with Crippen LogP contribution in [0.25, 0.3) is 0 Å². The van der Waals surface area contributed by atoms with Crippen LogP contribution in [0.4, 0.5) is 0 Å². The summed E-state index contributed by atoms with van der Waals surface area (Å²) in [7, 11) is 0. The van der Waals surface area contributed by atoms with Gasteiger partial charge in [-0.3, -0.25) is 0 Å². The molecule has 4 unspecified atom stereocenters. The van der Waals surface area contributed by atoms with Crippen molar-refractivity contribution in [1.29, 1.82) is 0 Å². The fourth-order valence-electron chi connectivity index (χ4n) is 3.12. The Morgan fingerprint density at radius 3 is 2.75 bits per heavy atom. The second-order valence-electron chi connectivity index (χ2n) is 5.75. The summed E-state index contributed by atoms with van der Waals surface area (Å²) in [5, 5.41) is 3.73. The third-order valence-electron chi connectivity index (χ3n) is 4.77. The van der Waals surface area contributed by atoms with E-state index in [0.717, 1.165) is 38.0 Å². The first-order valence-corrected chi connectivity index (χ1v) is 6.72. The third-order valence-corrected chi connectivity index (χ3v) is 4.77. The van der Waals surface area contributed by atoms with E-state index in [4.69, 9.17) is 10.5 Å². The van der Waals surface area contributed by atoms with Gasteiger partial charge in [-0.25, -0.2) is 0 Å². The Labute approximate surface area is 99.1 Å². The van der Waals surface area contributed by atoms with Gasteiger partial charge in [-0.1, -0.05) is 6.42 Å². The van der Waals surface area contributed by atoms with Gasteiger partial charge in [0.1, 0.15) is 0 Å². The Kier molecular flexibility index (Phi) is 3.88. The van der Waals surface area contributed by atoms with Gasteiger partial charge in [0.05, 0.1) is 6.10 Å². The first-order valence-electron chi connectivity index (χ1n) is 6.72. The average molecular weight is 226 g/mol. The molecular formula is C13H26N2O. The average Bonchev–Trinajstić information content (AvgIpc) is 2.84. The van der Waals surface area contributed by atoms with Crippen molar-refractivity contribution in [3.8, 4) is 0 Å². The van der Waals surface area contributed by atoms with Gasteiger partial charge in [0.2, 0.25) is 0 Å². The molecule has 2 aliphatic rings. The molecule has 3 heteroatoms. The molecule has 0 aromatic heterocycles. The smallest absolute Gasteiger partial charge is 0.0726 e. The van der Waals surface area contributed by atoms with Crippen molar-refractivity contribution >= 4 is 0 Å². The molecule has 1 heterocycles. The Hall–Kier alpha value is -0.120. The minimum atomic E-state index is 0.182. The van der Waals surface area contributed by atoms with Crippen LogP contribution in [0.5, 0.6) is 0 Å². The highest BCUT2D eigenvalue weighted by atomic mass is 16.5. The summed E-state index contributed by atoms with van der Waals surface area (Å²) in [4.78, 5) is 0. The van der Waals surface area contributed by atoms with E-state index in [1.54, 1.807) is 0 Å². The number of ether oxygens (including phenoxy) is 1. The van der Waals surface area contributed by atoms with Gasteiger partial charge in [-0.2, -0.15) is 0 Å². The van der Waals surface area contributed by atoms with Crippen LogP contribution in [-0.4, -0.2) is 31.3 Å². The lowest BCUT2D eigenvalue weighted by Crippen LogP contribution is -2.50. The van der Waals surface area contributed by atoms with Crippen LogP contribution in [0.2, 0.25) is 0 Å². The molecule has 1 aliphatic carbocycles. The predicted molar refractivity (Wildman–Crippen MR) is 66.3 cm³/mol. The van der Waals surface area contributed by atoms with Crippen LogP contribution in [0.3, 0.4) is 0 Å². The van der Waals surface area contributed by atoms with Gasteiger partial charge >= 0.3 is 0 Å². The zero-order valence-corrected chi connectivity index (χ0v) is 10.7. The van der Waals surface area contributed by atoms with Gasteiger partial charge < -0.3 is 15.8 Å². The summed E-state index contributed by atoms with van der Waals surface area (Å²) in [5.41, 5.74) is 6.00. The molecule has 0 spiro atoms. The van der Waals surface area contributed by atoms with Crippen molar-refractivity contribution < 1.29 is 4.74 Å². The predicted octanol–water partition coefficient (Wildman–Crippen LogP) is 1.52. The summed E-state index contributed by atoms with van der Waals surface area (Å²) in [6.07, 6.45) is 5.50. The Morgan fingerprint density at radius 2 is 2.12 bits per heavy atom. The molecule has 1 saturated carbocycles. The van der Waals surface area contributed by atoms with E-state index in [1.807, 2.05) is 0 Å². The summed E-state index contributed by atoms with van der Waals surface area (Å²) >= 11 is 0. The van der Waals surface area contributed by atoms with Gasteiger partial charge in [0, 0.05) is 12.1 Å². The van der Waals surface area contributed by atoms with Crippen LogP contribution in [0, 0.1) is 11.8 Å². The first-order chi connectivity index (χ1) is 7.65. The number of nitrogens with one attached hydrogen (secondary N) is 1. The zero-order chi connectivity index (χ0) is 11.6. The molecule has 1 saturated heterocycles. The molecular weight excluding hydrogens is 200 g/mol. The highest BCUT2D eigenvalue weighted by Crippen LogP contribution is 2.32. The summed E-state index contributed by atoms with van der Waals surface area (Å²) in [5.74, 6) is 1.53. The van der Waals surface area contributed by atoms with Crippen molar-refractivity contribution in [2.75, 3.05) is 19.7 Å². The molecule has 0 aromatic carbocycles. The topological polar surface area (TPSA) is 47.3 Å². The number of nitrogens with two attached hydrogens (primary N) is 1. The van der Waals surface area contributed by atoms with Crippen LogP contribution in [0.15, 0.2) is 0 Å². The van der Waals surface area contributed by atoms with E-state index in [0.29, 0.717) is 6.10 Å². The molecule has 0 radical (unpaired) electrons. The quantitative estimate of drug-likeness (QED) is 0.764. The van der Waals surface area contributed by atoms with E-state index in [1.165, 1.54) is 19.3 Å². The molecule has 94 valence electrons. The maximum Gasteiger partial charge on any atom is 0.0726 e. The number of hydrogen-bond acceptors (Lipinski definition) is 3. The fourth-order valence-corrected chi connectivity index (χ4v) is 3.12. The van der Waals surface area contributed by atoms with Crippen molar-refractivity contribution in [2.45, 2.75) is 51.2 Å². The van der Waals surface area contributed by atoms with Crippen LogP contribution in [-0.2, 0) is 4.74 Å². The van der Waals surface area contributed by atoms with E-state index >= 15 is 0 Å². The fraction of sp³-hybridized carbons (Fsp3) is 1.00. The minimum absolute atomic E-state index is 0.182. The maximum atomic E-state index is 5.82. The largest absolute Gasteiger partial charge is 0.377 e. The van der Waals surface area contributed by atoms with Gasteiger partial charge in [-0.05, 0) is 58.0 Å². The van der Waals surface area contributed by atoms with Crippen LogP contribution >= 0.6 is 0 Å². The minimum Gasteiger partial charge on any atom is -0.377 e. The molecule has 16 heavy (non-hydrogen) atoms. The zero-order valence-electron chi connectivity index (χ0n) is 10.7. The second kappa shape index (κ2) is 5.03. The van der Waals surface area contributed by atoms with Crippen molar-refractivity contribution in [3.63, 3.8) is 0 Å². The molecule has 1 aliphatic heterocycles. The molecule has 2 fully saturated rings. The Morgan fingerprint density at radius 1 is 1.38 bits per heavy atom. The second-order valence-corrected chi connectivity index (χ2v) is 5.75. The normalized spacial score (nSPS) is 44.1. The van der Waals surface area contributed by atoms with E-state index in [9.17, 15) is 0 Å². The SMILES string of the molecule is CC1OCCC1(C)NCC1CCCC1CN. The highest BCUT2D eigenvalue weighted by molar-refractivity contribution is 4.94. The van der Waals surface area contributed by atoms with Crippen LogP contribution in [0.1, 0.15) is 39.5 Å². The molecule has 0 amide bonds. The molecule has 3 N–H and O–H groups in total. The highest BCUT2D eigenvalue weighted by Gasteiger charge is 2.37. The van der Waals surface area contributed by atoms with Gasteiger partial charge in [0.25, 0.3) is 0 Å². The van der Waals surface area contributed by atoms with Gasteiger partial charge in [-0.15, -0.1) is 0 Å². The van der Waals surface area contributed by atoms with E-state index in [-0.39, 0.29) is 5.54 Å². The molecule has 0 bridgehead atoms. The molecule has 0 aromatic rings. The van der Waals surface area contributed by atoms with E-state index < -0.39 is 0 Å². The first kappa shape index (κ1) is 12.3. The van der Waals surface area contributed by atoms with E-state index in [2.05, 4.69) is 19.2 Å². The number of rotatable bonds is 4. The molecule has 2 rings (SSSR count). The molecule has 3 nitrogen and oxygen atoms in total. The summed E-state index contributed by atoms with van der Waals surface area (Å²) < 4.78 is 5.65. The maximum absolute atomic E-state index is 5.82. The lowest BCUT2D eigenvalue weighted by molar-refractivity contribution is 0.0863.